The Balaban J connectivity index is 0.000000206. The minimum Gasteiger partial charge on any atom is -0.204 e. The summed E-state index contributed by atoms with van der Waals surface area (Å²) in [5.41, 5.74) is 0.139. The first-order valence-electron chi connectivity index (χ1n) is 14.9. The maximum Gasteiger partial charge on any atom is 0.200 e. The van der Waals surface area contributed by atoms with Crippen molar-refractivity contribution in [3.8, 4) is 22.3 Å². The lowest BCUT2D eigenvalue weighted by molar-refractivity contribution is 0.378. The Kier molecular flexibility index (Phi) is 14.8. The zero-order valence-electron chi connectivity index (χ0n) is 27.7. The average Bonchev–Trinajstić information content (AvgIpc) is 3.15. The van der Waals surface area contributed by atoms with Crippen LogP contribution >= 0.6 is 0 Å². The third kappa shape index (κ3) is 10.2. The summed E-state index contributed by atoms with van der Waals surface area (Å²) in [6.07, 6.45) is 0. The summed E-state index contributed by atoms with van der Waals surface area (Å²) in [4.78, 5) is 0. The fourth-order valence-electron chi connectivity index (χ4n) is 4.17. The number of benzene rings is 6. The normalized spacial score (nSPS) is 10.5. The summed E-state index contributed by atoms with van der Waals surface area (Å²) in [5, 5.41) is 0. The van der Waals surface area contributed by atoms with E-state index in [9.17, 15) is 79.0 Å². The molecule has 0 bridgehead atoms. The van der Waals surface area contributed by atoms with Gasteiger partial charge in [0.25, 0.3) is 0 Å². The third-order valence-corrected chi connectivity index (χ3v) is 7.02. The van der Waals surface area contributed by atoms with Crippen LogP contribution in [0.5, 0.6) is 0 Å². The van der Waals surface area contributed by atoms with E-state index in [-0.39, 0.29) is 35.4 Å². The van der Waals surface area contributed by atoms with Gasteiger partial charge in [-0.3, -0.25) is 0 Å². The molecule has 0 spiro atoms. The van der Waals surface area contributed by atoms with Crippen LogP contribution in [0.2, 0.25) is 0 Å². The van der Waals surface area contributed by atoms with Crippen molar-refractivity contribution in [1.82, 2.24) is 0 Å². The fourth-order valence-corrected chi connectivity index (χ4v) is 4.17. The second kappa shape index (κ2) is 18.6. The predicted octanol–water partition coefficient (Wildman–Crippen LogP) is 13.2. The van der Waals surface area contributed by atoms with Crippen LogP contribution in [-0.4, -0.2) is 0 Å². The highest BCUT2D eigenvalue weighted by Gasteiger charge is 2.26. The maximum atomic E-state index is 13.5. The van der Waals surface area contributed by atoms with Crippen LogP contribution in [0.3, 0.4) is 0 Å². The Morgan fingerprint density at radius 3 is 0.750 bits per heavy atom. The van der Waals surface area contributed by atoms with Gasteiger partial charge >= 0.3 is 0 Å². The van der Waals surface area contributed by atoms with Crippen molar-refractivity contribution < 1.29 is 79.0 Å². The van der Waals surface area contributed by atoms with Gasteiger partial charge in [-0.15, -0.1) is 0 Å². The lowest BCUT2D eigenvalue weighted by Crippen LogP contribution is -2.03. The molecule has 0 aliphatic carbocycles. The predicted molar refractivity (Wildman–Crippen MR) is 165 cm³/mol. The van der Waals surface area contributed by atoms with Gasteiger partial charge in [-0.05, 0) is 25.0 Å². The molecule has 0 atom stereocenters. The van der Waals surface area contributed by atoms with E-state index < -0.39 is 116 Å². The van der Waals surface area contributed by atoms with Crippen LogP contribution in [-0.2, 0) is 0 Å². The molecule has 6 aromatic rings. The molecule has 0 saturated carbocycles. The molecule has 0 aliphatic rings. The van der Waals surface area contributed by atoms with Crippen molar-refractivity contribution >= 4 is 0 Å². The highest BCUT2D eigenvalue weighted by Crippen LogP contribution is 2.32. The van der Waals surface area contributed by atoms with Crippen LogP contribution in [0.15, 0.2) is 72.8 Å². The molecular formula is C38H18F18. The Hall–Kier alpha value is -5.94. The zero-order valence-corrected chi connectivity index (χ0v) is 27.7. The molecular weight excluding hydrogens is 798 g/mol. The van der Waals surface area contributed by atoms with E-state index in [0.717, 1.165) is 11.1 Å². The standard InChI is InChI=1S/C13H7F5.C13H8F4.C6HF5.C6H2F4/c1-6-2-4-7(5-3-6)8-9(14)11(16)13(18)12(17)10(8)15;1-7-2-4-8(5-3-7)11-12(16)9(14)6-10(15)13(11)17;7-2-1-3(8)5(10)6(11)4(2)9;7-3-1-4(8)6(10)2-5(3)9/h2-5H,1H3;2-6H,1H3;1H;1-2H. The number of hydrogen-bond donors (Lipinski definition) is 0. The van der Waals surface area contributed by atoms with E-state index in [2.05, 4.69) is 0 Å². The first kappa shape index (κ1) is 44.5. The van der Waals surface area contributed by atoms with Gasteiger partial charge in [0.05, 0.1) is 11.1 Å². The summed E-state index contributed by atoms with van der Waals surface area (Å²) in [5.74, 6) is -30.5. The molecule has 0 N–H and O–H groups in total. The third-order valence-electron chi connectivity index (χ3n) is 7.02. The molecule has 56 heavy (non-hydrogen) atoms. The minimum absolute atomic E-state index is 0.0617. The Bertz CT molecular complexity index is 2220. The summed E-state index contributed by atoms with van der Waals surface area (Å²) in [6.45, 7) is 3.53. The van der Waals surface area contributed by atoms with Crippen LogP contribution in [0, 0.1) is 119 Å². The molecule has 6 rings (SSSR count). The van der Waals surface area contributed by atoms with Crippen LogP contribution in [0.25, 0.3) is 22.3 Å². The highest BCUT2D eigenvalue weighted by molar-refractivity contribution is 5.66. The highest BCUT2D eigenvalue weighted by atomic mass is 19.2. The molecule has 296 valence electrons. The molecule has 0 aromatic heterocycles. The van der Waals surface area contributed by atoms with Crippen LogP contribution in [0.4, 0.5) is 79.0 Å². The van der Waals surface area contributed by atoms with Gasteiger partial charge in [0.1, 0.15) is 0 Å². The average molecular weight is 817 g/mol. The molecule has 0 fully saturated rings. The van der Waals surface area contributed by atoms with E-state index in [1.807, 2.05) is 0 Å². The molecule has 0 amide bonds. The summed E-state index contributed by atoms with van der Waals surface area (Å²) < 4.78 is 227. The molecule has 6 aromatic carbocycles. The molecule has 0 unspecified atom stereocenters. The monoisotopic (exact) mass is 816 g/mol. The van der Waals surface area contributed by atoms with Gasteiger partial charge in [-0.2, -0.15) is 0 Å². The largest absolute Gasteiger partial charge is 0.204 e. The quantitative estimate of drug-likeness (QED) is 0.0928. The smallest absolute Gasteiger partial charge is 0.200 e. The number of rotatable bonds is 2. The molecule has 0 radical (unpaired) electrons. The molecule has 0 heterocycles. The summed E-state index contributed by atoms with van der Waals surface area (Å²) in [7, 11) is 0. The minimum atomic E-state index is -2.15. The van der Waals surface area contributed by atoms with Gasteiger partial charge in [-0.1, -0.05) is 59.7 Å². The second-order valence-corrected chi connectivity index (χ2v) is 11.0. The van der Waals surface area contributed by atoms with Gasteiger partial charge in [0.2, 0.25) is 11.6 Å². The molecule has 0 aliphatic heterocycles. The van der Waals surface area contributed by atoms with Crippen molar-refractivity contribution in [3.05, 3.63) is 189 Å². The lowest BCUT2D eigenvalue weighted by atomic mass is 10.0. The number of halogens is 18. The van der Waals surface area contributed by atoms with Gasteiger partial charge < -0.3 is 0 Å². The first-order valence-corrected chi connectivity index (χ1v) is 14.9. The van der Waals surface area contributed by atoms with Crippen molar-refractivity contribution in [1.29, 1.82) is 0 Å². The van der Waals surface area contributed by atoms with Crippen LogP contribution < -0.4 is 0 Å². The zero-order chi connectivity index (χ0) is 42.3. The first-order chi connectivity index (χ1) is 26.1. The van der Waals surface area contributed by atoms with E-state index in [4.69, 9.17) is 0 Å². The Morgan fingerprint density at radius 2 is 0.446 bits per heavy atom. The number of aryl methyl sites for hydroxylation is 2. The second-order valence-electron chi connectivity index (χ2n) is 11.0. The van der Waals surface area contributed by atoms with Gasteiger partial charge in [0, 0.05) is 24.3 Å². The molecule has 18 heteroatoms. The maximum absolute atomic E-state index is 13.5. The van der Waals surface area contributed by atoms with Crippen LogP contribution in [0.1, 0.15) is 11.1 Å². The van der Waals surface area contributed by atoms with Crippen molar-refractivity contribution in [2.75, 3.05) is 0 Å². The SMILES string of the molecule is Cc1ccc(-c2c(F)c(F)c(F)c(F)c2F)cc1.Cc1ccc(-c2c(F)c(F)cc(F)c2F)cc1.Fc1cc(F)c(F)c(F)c1F.Fc1cc(F)c(F)cc1F. The number of hydrogen-bond acceptors (Lipinski definition) is 0. The van der Waals surface area contributed by atoms with E-state index in [0.29, 0.717) is 0 Å². The van der Waals surface area contributed by atoms with Gasteiger partial charge in [-0.25, -0.2) is 79.0 Å². The molecule has 0 nitrogen and oxygen atoms in total. The lowest BCUT2D eigenvalue weighted by Gasteiger charge is -2.08. The summed E-state index contributed by atoms with van der Waals surface area (Å²) >= 11 is 0. The Labute approximate surface area is 303 Å². The van der Waals surface area contributed by atoms with Crippen molar-refractivity contribution in [2.24, 2.45) is 0 Å². The Morgan fingerprint density at radius 1 is 0.232 bits per heavy atom. The summed E-state index contributed by atoms with van der Waals surface area (Å²) in [6, 6.07) is 12.1. The topological polar surface area (TPSA) is 0 Å². The van der Waals surface area contributed by atoms with E-state index in [1.54, 1.807) is 26.0 Å². The molecule has 0 saturated heterocycles. The van der Waals surface area contributed by atoms with Crippen molar-refractivity contribution in [3.63, 3.8) is 0 Å². The van der Waals surface area contributed by atoms with E-state index in [1.165, 1.54) is 36.4 Å². The van der Waals surface area contributed by atoms with Crippen molar-refractivity contribution in [2.45, 2.75) is 13.8 Å². The fraction of sp³-hybridized carbons (Fsp3) is 0.0526. The van der Waals surface area contributed by atoms with Gasteiger partial charge in [0.15, 0.2) is 93.1 Å². The van der Waals surface area contributed by atoms with E-state index >= 15 is 0 Å².